The maximum atomic E-state index is 6.35. The predicted octanol–water partition coefficient (Wildman–Crippen LogP) is 3.96. The number of rotatable bonds is 4. The van der Waals surface area contributed by atoms with Crippen LogP contribution in [0.4, 0.5) is 0 Å². The fourth-order valence-electron chi connectivity index (χ4n) is 1.78. The van der Waals surface area contributed by atoms with Gasteiger partial charge in [0.1, 0.15) is 0 Å². The second-order valence-electron chi connectivity index (χ2n) is 4.88. The molecule has 0 spiro atoms. The number of halogens is 1. The van der Waals surface area contributed by atoms with Crippen molar-refractivity contribution in [3.8, 4) is 0 Å². The largest absolute Gasteiger partial charge is 0.356 e. The Kier molecular flexibility index (Phi) is 3.75. The van der Waals surface area contributed by atoms with Gasteiger partial charge in [-0.2, -0.15) is 0 Å². The van der Waals surface area contributed by atoms with Crippen molar-refractivity contribution < 1.29 is 0 Å². The van der Waals surface area contributed by atoms with Crippen LogP contribution >= 0.6 is 11.6 Å². The van der Waals surface area contributed by atoms with Crippen LogP contribution in [0.3, 0.4) is 0 Å². The summed E-state index contributed by atoms with van der Waals surface area (Å²) in [6.07, 6.45) is 0. The van der Waals surface area contributed by atoms with Crippen LogP contribution < -0.4 is 5.32 Å². The van der Waals surface area contributed by atoms with E-state index in [2.05, 4.69) is 37.1 Å². The van der Waals surface area contributed by atoms with Gasteiger partial charge < -0.3 is 10.3 Å². The lowest BCUT2D eigenvalue weighted by Gasteiger charge is -2.16. The fraction of sp³-hybridized carbons (Fsp3) is 0.429. The predicted molar refractivity (Wildman–Crippen MR) is 74.4 cm³/mol. The van der Waals surface area contributed by atoms with Gasteiger partial charge in [0, 0.05) is 29.2 Å². The molecule has 0 radical (unpaired) electrons. The lowest BCUT2D eigenvalue weighted by Crippen LogP contribution is -2.30. The third-order valence-electron chi connectivity index (χ3n) is 3.31. The van der Waals surface area contributed by atoms with Crippen molar-refractivity contribution in [3.63, 3.8) is 0 Å². The van der Waals surface area contributed by atoms with Crippen LogP contribution in [0.2, 0.25) is 5.02 Å². The topological polar surface area (TPSA) is 27.8 Å². The first-order valence-corrected chi connectivity index (χ1v) is 6.46. The summed E-state index contributed by atoms with van der Waals surface area (Å²) in [7, 11) is 0. The van der Waals surface area contributed by atoms with Crippen molar-refractivity contribution in [3.05, 3.63) is 35.0 Å². The average molecular weight is 251 g/mol. The summed E-state index contributed by atoms with van der Waals surface area (Å²) >= 11 is 6.35. The summed E-state index contributed by atoms with van der Waals surface area (Å²) in [6, 6.07) is 8.61. The van der Waals surface area contributed by atoms with Gasteiger partial charge in [0.2, 0.25) is 0 Å². The summed E-state index contributed by atoms with van der Waals surface area (Å²) in [5, 5.41) is 5.42. The number of fused-ring (bicyclic) bond motifs is 1. The van der Waals surface area contributed by atoms with Crippen molar-refractivity contribution in [1.29, 1.82) is 0 Å². The molecular formula is C14H19ClN2. The Morgan fingerprint density at radius 3 is 2.59 bits per heavy atom. The lowest BCUT2D eigenvalue weighted by molar-refractivity contribution is 0.424. The minimum atomic E-state index is 0.484. The molecule has 2 N–H and O–H groups in total. The molecule has 0 bridgehead atoms. The Labute approximate surface area is 107 Å². The quantitative estimate of drug-likeness (QED) is 0.845. The summed E-state index contributed by atoms with van der Waals surface area (Å²) in [5.41, 5.74) is 2.17. The van der Waals surface area contributed by atoms with E-state index in [0.717, 1.165) is 28.2 Å². The number of H-pyrrole nitrogens is 1. The van der Waals surface area contributed by atoms with Gasteiger partial charge in [-0.3, -0.25) is 0 Å². The SMILES string of the molecule is CC(C)C(C)NCc1[nH]c2ccccc2c1Cl. The van der Waals surface area contributed by atoms with Gasteiger partial charge in [0.05, 0.1) is 5.02 Å². The van der Waals surface area contributed by atoms with Crippen LogP contribution in [0.5, 0.6) is 0 Å². The van der Waals surface area contributed by atoms with E-state index in [9.17, 15) is 0 Å². The van der Waals surface area contributed by atoms with Gasteiger partial charge in [0.15, 0.2) is 0 Å². The number of hydrogen-bond donors (Lipinski definition) is 2. The molecule has 1 aromatic carbocycles. The summed E-state index contributed by atoms with van der Waals surface area (Å²) < 4.78 is 0. The van der Waals surface area contributed by atoms with Crippen LogP contribution in [-0.2, 0) is 6.54 Å². The van der Waals surface area contributed by atoms with Gasteiger partial charge in [-0.15, -0.1) is 0 Å². The standard InChI is InChI=1S/C14H19ClN2/c1-9(2)10(3)16-8-13-14(15)11-6-4-5-7-12(11)17-13/h4-7,9-10,16-17H,8H2,1-3H3. The second-order valence-corrected chi connectivity index (χ2v) is 5.25. The van der Waals surface area contributed by atoms with Gasteiger partial charge in [-0.1, -0.05) is 43.6 Å². The number of nitrogens with one attached hydrogen (secondary N) is 2. The van der Waals surface area contributed by atoms with Gasteiger partial charge >= 0.3 is 0 Å². The first-order valence-electron chi connectivity index (χ1n) is 6.08. The van der Waals surface area contributed by atoms with E-state index in [0.29, 0.717) is 12.0 Å². The number of hydrogen-bond acceptors (Lipinski definition) is 1. The zero-order valence-electron chi connectivity index (χ0n) is 10.5. The molecule has 0 aliphatic heterocycles. The van der Waals surface area contributed by atoms with E-state index >= 15 is 0 Å². The number of para-hydroxylation sites is 1. The molecule has 1 heterocycles. The molecule has 92 valence electrons. The highest BCUT2D eigenvalue weighted by atomic mass is 35.5. The van der Waals surface area contributed by atoms with Gasteiger partial charge in [-0.25, -0.2) is 0 Å². The Bertz CT molecular complexity index is 502. The van der Waals surface area contributed by atoms with E-state index in [4.69, 9.17) is 11.6 Å². The fourth-order valence-corrected chi connectivity index (χ4v) is 2.06. The molecule has 0 saturated carbocycles. The molecule has 0 saturated heterocycles. The molecular weight excluding hydrogens is 232 g/mol. The number of aromatic amines is 1. The highest BCUT2D eigenvalue weighted by molar-refractivity contribution is 6.36. The monoisotopic (exact) mass is 250 g/mol. The lowest BCUT2D eigenvalue weighted by atomic mass is 10.1. The third-order valence-corrected chi connectivity index (χ3v) is 3.75. The Morgan fingerprint density at radius 2 is 1.94 bits per heavy atom. The molecule has 0 amide bonds. The first kappa shape index (κ1) is 12.5. The molecule has 1 atom stereocenters. The summed E-state index contributed by atoms with van der Waals surface area (Å²) in [5.74, 6) is 0.623. The zero-order chi connectivity index (χ0) is 12.4. The number of benzene rings is 1. The van der Waals surface area contributed by atoms with E-state index in [1.807, 2.05) is 18.2 Å². The minimum absolute atomic E-state index is 0.484. The Hall–Kier alpha value is -0.990. The maximum Gasteiger partial charge on any atom is 0.0705 e. The smallest absolute Gasteiger partial charge is 0.0705 e. The maximum absolute atomic E-state index is 6.35. The Balaban J connectivity index is 2.16. The average Bonchev–Trinajstić information content (AvgIpc) is 2.64. The van der Waals surface area contributed by atoms with Crippen LogP contribution in [0.25, 0.3) is 10.9 Å². The molecule has 2 rings (SSSR count). The highest BCUT2D eigenvalue weighted by Gasteiger charge is 2.11. The van der Waals surface area contributed by atoms with E-state index in [-0.39, 0.29) is 0 Å². The molecule has 1 aromatic heterocycles. The molecule has 1 unspecified atom stereocenters. The van der Waals surface area contributed by atoms with Crippen LogP contribution in [0.1, 0.15) is 26.5 Å². The molecule has 2 nitrogen and oxygen atoms in total. The van der Waals surface area contributed by atoms with Crippen LogP contribution in [0, 0.1) is 5.92 Å². The molecule has 0 aliphatic rings. The van der Waals surface area contributed by atoms with Crippen LogP contribution in [-0.4, -0.2) is 11.0 Å². The normalized spacial score (nSPS) is 13.5. The second kappa shape index (κ2) is 5.11. The van der Waals surface area contributed by atoms with Crippen LogP contribution in [0.15, 0.2) is 24.3 Å². The van der Waals surface area contributed by atoms with Crippen molar-refractivity contribution in [2.75, 3.05) is 0 Å². The molecule has 0 aliphatic carbocycles. The minimum Gasteiger partial charge on any atom is -0.356 e. The first-order chi connectivity index (χ1) is 8.09. The van der Waals surface area contributed by atoms with Crippen molar-refractivity contribution in [2.45, 2.75) is 33.4 Å². The van der Waals surface area contributed by atoms with E-state index in [1.54, 1.807) is 0 Å². The zero-order valence-corrected chi connectivity index (χ0v) is 11.3. The van der Waals surface area contributed by atoms with Crippen molar-refractivity contribution in [1.82, 2.24) is 10.3 Å². The third kappa shape index (κ3) is 2.64. The molecule has 0 fully saturated rings. The highest BCUT2D eigenvalue weighted by Crippen LogP contribution is 2.27. The summed E-state index contributed by atoms with van der Waals surface area (Å²) in [4.78, 5) is 3.36. The van der Waals surface area contributed by atoms with Gasteiger partial charge in [0.25, 0.3) is 0 Å². The number of aromatic nitrogens is 1. The molecule has 17 heavy (non-hydrogen) atoms. The van der Waals surface area contributed by atoms with Crippen molar-refractivity contribution in [2.24, 2.45) is 5.92 Å². The molecule has 2 aromatic rings. The summed E-state index contributed by atoms with van der Waals surface area (Å²) in [6.45, 7) is 7.41. The van der Waals surface area contributed by atoms with Crippen molar-refractivity contribution >= 4 is 22.5 Å². The van der Waals surface area contributed by atoms with E-state index in [1.165, 1.54) is 0 Å². The van der Waals surface area contributed by atoms with E-state index < -0.39 is 0 Å². The Morgan fingerprint density at radius 1 is 1.24 bits per heavy atom. The molecule has 3 heteroatoms. The van der Waals surface area contributed by atoms with Gasteiger partial charge in [-0.05, 0) is 18.9 Å².